The molecule has 1 N–H and O–H groups in total. The molecule has 3 atom stereocenters. The molecule has 5 rings (SSSR count). The van der Waals surface area contributed by atoms with Gasteiger partial charge in [0.2, 0.25) is 5.91 Å². The fraction of sp³-hybridized carbons (Fsp3) is 0.531. The van der Waals surface area contributed by atoms with Crippen molar-refractivity contribution in [2.45, 2.75) is 90.6 Å². The predicted octanol–water partition coefficient (Wildman–Crippen LogP) is 4.10. The van der Waals surface area contributed by atoms with Crippen molar-refractivity contribution in [3.05, 3.63) is 68.6 Å². The van der Waals surface area contributed by atoms with Crippen LogP contribution in [0.3, 0.4) is 0 Å². The maximum atomic E-state index is 14.7. The number of nitrogens with zero attached hydrogens (tertiary/aromatic N) is 5. The molecule has 1 fully saturated rings. The molecule has 1 saturated heterocycles. The van der Waals surface area contributed by atoms with E-state index < -0.39 is 22.9 Å². The lowest BCUT2D eigenvalue weighted by Crippen LogP contribution is -2.58. The highest BCUT2D eigenvalue weighted by Crippen LogP contribution is 2.35. The Bertz CT molecular complexity index is 1760. The van der Waals surface area contributed by atoms with Crippen LogP contribution in [0.15, 0.2) is 46.2 Å². The molecular formula is C32H42N6O6S. The van der Waals surface area contributed by atoms with Gasteiger partial charge < -0.3 is 19.5 Å². The Labute approximate surface area is 265 Å². The second kappa shape index (κ2) is 13.7. The number of methoxy groups -OCH3 is 1. The molecule has 0 aliphatic carbocycles. The molecule has 4 aromatic rings. The maximum Gasteiger partial charge on any atom is 0.333 e. The number of fused-ring (bicyclic) bond motifs is 1. The van der Waals surface area contributed by atoms with Crippen LogP contribution in [0.4, 0.5) is 0 Å². The first kappa shape index (κ1) is 32.6. The summed E-state index contributed by atoms with van der Waals surface area (Å²) in [5.41, 5.74) is -1.17. The third-order valence-corrected chi connectivity index (χ3v) is 10.1. The smallest absolute Gasteiger partial charge is 0.333 e. The molecule has 0 spiro atoms. The molecular weight excluding hydrogens is 596 g/mol. The van der Waals surface area contributed by atoms with Gasteiger partial charge in [0.15, 0.2) is 0 Å². The van der Waals surface area contributed by atoms with Gasteiger partial charge in [0, 0.05) is 30.4 Å². The molecule has 242 valence electrons. The largest absolute Gasteiger partial charge is 0.496 e. The maximum absolute atomic E-state index is 14.7. The van der Waals surface area contributed by atoms with E-state index in [1.807, 2.05) is 52.0 Å². The van der Waals surface area contributed by atoms with Crippen LogP contribution in [0.25, 0.3) is 15.2 Å². The van der Waals surface area contributed by atoms with E-state index in [4.69, 9.17) is 14.2 Å². The van der Waals surface area contributed by atoms with Crippen LogP contribution in [0.1, 0.15) is 70.6 Å². The molecule has 1 aromatic carbocycles. The fourth-order valence-electron chi connectivity index (χ4n) is 5.70. The van der Waals surface area contributed by atoms with Gasteiger partial charge >= 0.3 is 5.69 Å². The van der Waals surface area contributed by atoms with Gasteiger partial charge in [-0.1, -0.05) is 43.4 Å². The lowest BCUT2D eigenvalue weighted by Gasteiger charge is -2.32. The average molecular weight is 639 g/mol. The highest BCUT2D eigenvalue weighted by molar-refractivity contribution is 7.21. The van der Waals surface area contributed by atoms with Crippen LogP contribution in [0.5, 0.6) is 5.75 Å². The van der Waals surface area contributed by atoms with Crippen molar-refractivity contribution in [2.75, 3.05) is 20.3 Å². The van der Waals surface area contributed by atoms with Gasteiger partial charge in [-0.15, -0.1) is 4.80 Å². The van der Waals surface area contributed by atoms with Crippen LogP contribution >= 0.6 is 11.3 Å². The van der Waals surface area contributed by atoms with Crippen LogP contribution in [-0.2, 0) is 26.4 Å². The van der Waals surface area contributed by atoms with E-state index in [9.17, 15) is 14.4 Å². The van der Waals surface area contributed by atoms with Gasteiger partial charge in [0.1, 0.15) is 27.2 Å². The standard InChI is InChI=1S/C32H42N6O6S/c1-7-20(3)35-30(40)32(5,8-2)37-27(39)26-21(4)28(38-33-15-16-34-38)45-29(26)36(31(37)41)19-25(44-22-13-17-43-18-14-22)23-11-9-10-12-24(23)42-6/h9-12,15-16,20,22,25H,7-8,13-14,17-19H2,1-6H3,(H,35,40)/t20?,25-,32?/m0/s1. The molecule has 2 unspecified atom stereocenters. The van der Waals surface area contributed by atoms with Gasteiger partial charge in [-0.05, 0) is 52.5 Å². The summed E-state index contributed by atoms with van der Waals surface area (Å²) in [6.45, 7) is 10.4. The number of hydrogen-bond donors (Lipinski definition) is 1. The van der Waals surface area contributed by atoms with Crippen molar-refractivity contribution < 1.29 is 19.0 Å². The third-order valence-electron chi connectivity index (χ3n) is 8.81. The zero-order valence-corrected chi connectivity index (χ0v) is 27.6. The summed E-state index contributed by atoms with van der Waals surface area (Å²) in [5.74, 6) is 0.244. The molecule has 12 nitrogen and oxygen atoms in total. The van der Waals surface area contributed by atoms with E-state index in [2.05, 4.69) is 15.5 Å². The molecule has 1 amide bonds. The van der Waals surface area contributed by atoms with Gasteiger partial charge in [-0.2, -0.15) is 10.2 Å². The van der Waals surface area contributed by atoms with Crippen molar-refractivity contribution in [3.8, 4) is 10.8 Å². The van der Waals surface area contributed by atoms with E-state index >= 15 is 0 Å². The molecule has 0 radical (unpaired) electrons. The Hall–Kier alpha value is -3.81. The van der Waals surface area contributed by atoms with Crippen molar-refractivity contribution in [1.29, 1.82) is 0 Å². The monoisotopic (exact) mass is 638 g/mol. The SMILES string of the molecule is CCC(C)NC(=O)C(C)(CC)n1c(=O)c2c(C)c(-n3nccn3)sc2n(C[C@H](OC2CCOCC2)c2ccccc2OC)c1=O. The summed E-state index contributed by atoms with van der Waals surface area (Å²) in [6.07, 6.45) is 4.77. The van der Waals surface area contributed by atoms with Crippen LogP contribution < -0.4 is 21.3 Å². The number of benzene rings is 1. The molecule has 1 aliphatic rings. The quantitative estimate of drug-likeness (QED) is 0.246. The van der Waals surface area contributed by atoms with Crippen LogP contribution in [-0.4, -0.2) is 62.5 Å². The Balaban J connectivity index is 1.76. The molecule has 13 heteroatoms. The zero-order valence-electron chi connectivity index (χ0n) is 26.7. The second-order valence-electron chi connectivity index (χ2n) is 11.7. The summed E-state index contributed by atoms with van der Waals surface area (Å²) in [4.78, 5) is 44.8. The number of rotatable bonds is 12. The Kier molecular flexibility index (Phi) is 9.90. The van der Waals surface area contributed by atoms with Crippen molar-refractivity contribution in [3.63, 3.8) is 0 Å². The number of aryl methyl sites for hydroxylation is 1. The number of aromatic nitrogens is 5. The highest BCUT2D eigenvalue weighted by Gasteiger charge is 2.39. The summed E-state index contributed by atoms with van der Waals surface area (Å²) in [5, 5.41) is 12.5. The van der Waals surface area contributed by atoms with Crippen molar-refractivity contribution in [1.82, 2.24) is 29.4 Å². The normalized spacial score (nSPS) is 16.8. The highest BCUT2D eigenvalue weighted by atomic mass is 32.1. The van der Waals surface area contributed by atoms with Gasteiger partial charge in [-0.3, -0.25) is 14.2 Å². The number of amides is 1. The summed E-state index contributed by atoms with van der Waals surface area (Å²) in [6, 6.07) is 7.44. The minimum atomic E-state index is -1.45. The van der Waals surface area contributed by atoms with Crippen molar-refractivity contribution in [2.24, 2.45) is 0 Å². The van der Waals surface area contributed by atoms with E-state index in [1.54, 1.807) is 31.0 Å². The van der Waals surface area contributed by atoms with Gasteiger partial charge in [0.05, 0.1) is 37.5 Å². The number of carbonyl (C=O) groups is 1. The first-order valence-corrected chi connectivity index (χ1v) is 16.3. The fourth-order valence-corrected chi connectivity index (χ4v) is 6.92. The number of thiophene rings is 1. The number of carbonyl (C=O) groups excluding carboxylic acids is 1. The number of hydrogen-bond acceptors (Lipinski definition) is 9. The first-order chi connectivity index (χ1) is 21.6. The van der Waals surface area contributed by atoms with Gasteiger partial charge in [0.25, 0.3) is 5.56 Å². The number of para-hydroxylation sites is 1. The topological polar surface area (TPSA) is 132 Å². The molecule has 0 bridgehead atoms. The second-order valence-corrected chi connectivity index (χ2v) is 12.6. The van der Waals surface area contributed by atoms with E-state index in [0.29, 0.717) is 59.0 Å². The molecule has 0 saturated carbocycles. The molecule has 45 heavy (non-hydrogen) atoms. The lowest BCUT2D eigenvalue weighted by atomic mass is 9.96. The molecule has 4 heterocycles. The van der Waals surface area contributed by atoms with Gasteiger partial charge in [-0.25, -0.2) is 9.36 Å². The third kappa shape index (κ3) is 6.21. The summed E-state index contributed by atoms with van der Waals surface area (Å²) >= 11 is 1.26. The lowest BCUT2D eigenvalue weighted by molar-refractivity contribution is -0.130. The number of nitrogens with one attached hydrogen (secondary N) is 1. The average Bonchev–Trinajstić information content (AvgIpc) is 3.71. The predicted molar refractivity (Wildman–Crippen MR) is 172 cm³/mol. The minimum Gasteiger partial charge on any atom is -0.496 e. The Morgan fingerprint density at radius 1 is 1.18 bits per heavy atom. The van der Waals surface area contributed by atoms with E-state index in [-0.39, 0.29) is 31.0 Å². The summed E-state index contributed by atoms with van der Waals surface area (Å²) < 4.78 is 20.7. The molecule has 1 aliphatic heterocycles. The molecule has 3 aromatic heterocycles. The summed E-state index contributed by atoms with van der Waals surface area (Å²) in [7, 11) is 1.60. The van der Waals surface area contributed by atoms with Crippen molar-refractivity contribution >= 4 is 27.5 Å². The minimum absolute atomic E-state index is 0.0754. The van der Waals surface area contributed by atoms with E-state index in [0.717, 1.165) is 10.1 Å². The Morgan fingerprint density at radius 3 is 2.51 bits per heavy atom. The zero-order chi connectivity index (χ0) is 32.3. The van der Waals surface area contributed by atoms with Crippen LogP contribution in [0.2, 0.25) is 0 Å². The number of ether oxygens (including phenoxy) is 3. The first-order valence-electron chi connectivity index (χ1n) is 15.5. The van der Waals surface area contributed by atoms with Crippen LogP contribution in [0, 0.1) is 6.92 Å². The Morgan fingerprint density at radius 2 is 1.87 bits per heavy atom. The van der Waals surface area contributed by atoms with E-state index in [1.165, 1.54) is 16.1 Å².